The zero-order valence-corrected chi connectivity index (χ0v) is 15.1. The van der Waals surface area contributed by atoms with Crippen LogP contribution in [-0.2, 0) is 16.0 Å². The van der Waals surface area contributed by atoms with Crippen molar-refractivity contribution in [2.45, 2.75) is 38.4 Å². The van der Waals surface area contributed by atoms with Crippen LogP contribution in [0.2, 0.25) is 0 Å². The number of aryl methyl sites for hydroxylation is 1. The third-order valence-electron chi connectivity index (χ3n) is 4.63. The molecule has 1 N–H and O–H groups in total. The van der Waals surface area contributed by atoms with E-state index in [4.69, 9.17) is 19.3 Å². The van der Waals surface area contributed by atoms with Crippen LogP contribution in [0.5, 0.6) is 11.5 Å². The van der Waals surface area contributed by atoms with Gasteiger partial charge in [-0.05, 0) is 60.7 Å². The summed E-state index contributed by atoms with van der Waals surface area (Å²) in [5.41, 5.74) is 3.31. The Morgan fingerprint density at radius 3 is 2.58 bits per heavy atom. The highest BCUT2D eigenvalue weighted by atomic mass is 16.5. The summed E-state index contributed by atoms with van der Waals surface area (Å²) >= 11 is 0. The molecule has 1 aliphatic carbocycles. The Bertz CT molecular complexity index is 753. The van der Waals surface area contributed by atoms with E-state index in [-0.39, 0.29) is 12.5 Å². The molecule has 1 aliphatic rings. The van der Waals surface area contributed by atoms with Crippen LogP contribution in [0.4, 0.5) is 0 Å². The first-order chi connectivity index (χ1) is 12.6. The Kier molecular flexibility index (Phi) is 5.78. The highest BCUT2D eigenvalue weighted by Gasteiger charge is 2.25. The number of carboxylic acid groups (broad SMARTS) is 1. The molecule has 2 aromatic carbocycles. The molecule has 0 heterocycles. The summed E-state index contributed by atoms with van der Waals surface area (Å²) in [6.07, 6.45) is 1.44. The van der Waals surface area contributed by atoms with E-state index < -0.39 is 12.1 Å². The summed E-state index contributed by atoms with van der Waals surface area (Å²) in [6, 6.07) is 13.6. The Labute approximate surface area is 153 Å². The van der Waals surface area contributed by atoms with E-state index in [1.807, 2.05) is 43.3 Å². The van der Waals surface area contributed by atoms with Crippen LogP contribution in [0.15, 0.2) is 42.5 Å². The highest BCUT2D eigenvalue weighted by Crippen LogP contribution is 2.37. The van der Waals surface area contributed by atoms with Gasteiger partial charge in [-0.3, -0.25) is 4.79 Å². The molecule has 0 fully saturated rings. The fourth-order valence-corrected chi connectivity index (χ4v) is 3.35. The molecule has 5 heteroatoms. The van der Waals surface area contributed by atoms with E-state index >= 15 is 0 Å². The van der Waals surface area contributed by atoms with Gasteiger partial charge in [0.15, 0.2) is 0 Å². The smallest absolute Gasteiger partial charge is 0.306 e. The van der Waals surface area contributed by atoms with E-state index in [9.17, 15) is 4.79 Å². The van der Waals surface area contributed by atoms with Crippen LogP contribution in [0.1, 0.15) is 48.7 Å². The topological polar surface area (TPSA) is 65.0 Å². The van der Waals surface area contributed by atoms with Gasteiger partial charge in [0.05, 0.1) is 19.6 Å². The van der Waals surface area contributed by atoms with Gasteiger partial charge in [0.1, 0.15) is 17.6 Å². The molecule has 2 aromatic rings. The first-order valence-corrected chi connectivity index (χ1v) is 8.87. The lowest BCUT2D eigenvalue weighted by Crippen LogP contribution is -2.10. The average molecular weight is 356 g/mol. The van der Waals surface area contributed by atoms with E-state index in [2.05, 4.69) is 6.07 Å². The van der Waals surface area contributed by atoms with Crippen molar-refractivity contribution in [1.29, 1.82) is 0 Å². The predicted octanol–water partition coefficient (Wildman–Crippen LogP) is 4.31. The Balaban J connectivity index is 1.72. The third kappa shape index (κ3) is 4.17. The maximum atomic E-state index is 11.0. The maximum absolute atomic E-state index is 11.0. The van der Waals surface area contributed by atoms with Gasteiger partial charge >= 0.3 is 5.97 Å². The van der Waals surface area contributed by atoms with Crippen LogP contribution in [0.25, 0.3) is 0 Å². The fourth-order valence-electron chi connectivity index (χ4n) is 3.35. The molecule has 26 heavy (non-hydrogen) atoms. The maximum Gasteiger partial charge on any atom is 0.306 e. The van der Waals surface area contributed by atoms with Gasteiger partial charge in [0, 0.05) is 6.61 Å². The lowest BCUT2D eigenvalue weighted by Gasteiger charge is -2.18. The van der Waals surface area contributed by atoms with Crippen molar-refractivity contribution >= 4 is 5.97 Å². The van der Waals surface area contributed by atoms with Crippen molar-refractivity contribution in [2.24, 2.45) is 0 Å². The largest absolute Gasteiger partial charge is 0.497 e. The van der Waals surface area contributed by atoms with E-state index in [0.29, 0.717) is 6.61 Å². The van der Waals surface area contributed by atoms with E-state index in [0.717, 1.165) is 29.9 Å². The van der Waals surface area contributed by atoms with Crippen LogP contribution in [0.3, 0.4) is 0 Å². The summed E-state index contributed by atoms with van der Waals surface area (Å²) in [6.45, 7) is 2.33. The lowest BCUT2D eigenvalue weighted by atomic mass is 10.1. The van der Waals surface area contributed by atoms with Crippen molar-refractivity contribution in [1.82, 2.24) is 0 Å². The summed E-state index contributed by atoms with van der Waals surface area (Å²) in [5.74, 6) is 0.725. The number of hydrogen-bond donors (Lipinski definition) is 1. The summed E-state index contributed by atoms with van der Waals surface area (Å²) in [7, 11) is 1.66. The van der Waals surface area contributed by atoms with Crippen LogP contribution < -0.4 is 9.47 Å². The van der Waals surface area contributed by atoms with Crippen molar-refractivity contribution in [3.05, 3.63) is 59.2 Å². The van der Waals surface area contributed by atoms with E-state index in [1.165, 1.54) is 11.1 Å². The second-order valence-corrected chi connectivity index (χ2v) is 6.32. The summed E-state index contributed by atoms with van der Waals surface area (Å²) < 4.78 is 17.0. The molecular weight excluding hydrogens is 332 g/mol. The van der Waals surface area contributed by atoms with Crippen LogP contribution >= 0.6 is 0 Å². The molecular formula is C21H24O5. The Hall–Kier alpha value is -2.53. The number of rotatable bonds is 8. The van der Waals surface area contributed by atoms with Gasteiger partial charge in [-0.15, -0.1) is 0 Å². The number of aliphatic carboxylic acids is 1. The number of carbonyl (C=O) groups is 1. The van der Waals surface area contributed by atoms with Gasteiger partial charge in [0.25, 0.3) is 0 Å². The molecule has 2 atom stereocenters. The lowest BCUT2D eigenvalue weighted by molar-refractivity contribution is -0.140. The van der Waals surface area contributed by atoms with Gasteiger partial charge in [-0.1, -0.05) is 18.2 Å². The molecule has 0 saturated heterocycles. The van der Waals surface area contributed by atoms with Crippen LogP contribution in [0, 0.1) is 0 Å². The standard InChI is InChI=1S/C21H24O5/c1-3-25-20(13-21(22)23)15-5-8-16(9-6-15)26-19-11-7-14-4-10-17(24-2)12-18(14)19/h4-6,8-10,12,19-20H,3,7,11,13H2,1-2H3,(H,22,23)/t19?,20-/m0/s1. The monoisotopic (exact) mass is 356 g/mol. The molecule has 0 aliphatic heterocycles. The Morgan fingerprint density at radius 2 is 1.92 bits per heavy atom. The minimum atomic E-state index is -0.875. The van der Waals surface area contributed by atoms with Crippen molar-refractivity contribution in [2.75, 3.05) is 13.7 Å². The first kappa shape index (κ1) is 18.3. The number of benzene rings is 2. The number of carboxylic acids is 1. The second-order valence-electron chi connectivity index (χ2n) is 6.32. The molecule has 0 amide bonds. The molecule has 0 radical (unpaired) electrons. The minimum Gasteiger partial charge on any atom is -0.497 e. The van der Waals surface area contributed by atoms with Gasteiger partial charge in [0.2, 0.25) is 0 Å². The molecule has 0 saturated carbocycles. The zero-order valence-electron chi connectivity index (χ0n) is 15.1. The van der Waals surface area contributed by atoms with Crippen molar-refractivity contribution in [3.8, 4) is 11.5 Å². The fraction of sp³-hybridized carbons (Fsp3) is 0.381. The van der Waals surface area contributed by atoms with E-state index in [1.54, 1.807) is 7.11 Å². The van der Waals surface area contributed by atoms with Crippen molar-refractivity contribution in [3.63, 3.8) is 0 Å². The SMILES string of the molecule is CCO[C@@H](CC(=O)O)c1ccc(OC2CCc3ccc(OC)cc32)cc1. The highest BCUT2D eigenvalue weighted by molar-refractivity contribution is 5.67. The first-order valence-electron chi connectivity index (χ1n) is 8.87. The zero-order chi connectivity index (χ0) is 18.5. The quantitative estimate of drug-likeness (QED) is 0.763. The molecule has 1 unspecified atom stereocenters. The number of fused-ring (bicyclic) bond motifs is 1. The molecule has 0 spiro atoms. The third-order valence-corrected chi connectivity index (χ3v) is 4.63. The molecule has 0 bridgehead atoms. The summed E-state index contributed by atoms with van der Waals surface area (Å²) in [5, 5.41) is 9.04. The van der Waals surface area contributed by atoms with Gasteiger partial charge in [-0.2, -0.15) is 0 Å². The second kappa shape index (κ2) is 8.23. The van der Waals surface area contributed by atoms with Crippen LogP contribution in [-0.4, -0.2) is 24.8 Å². The number of ether oxygens (including phenoxy) is 3. The Morgan fingerprint density at radius 1 is 1.19 bits per heavy atom. The predicted molar refractivity (Wildman–Crippen MR) is 97.7 cm³/mol. The van der Waals surface area contributed by atoms with Gasteiger partial charge < -0.3 is 19.3 Å². The average Bonchev–Trinajstić information content (AvgIpc) is 3.03. The molecule has 3 rings (SSSR count). The van der Waals surface area contributed by atoms with Gasteiger partial charge in [-0.25, -0.2) is 0 Å². The normalized spacial score (nSPS) is 16.8. The van der Waals surface area contributed by atoms with Crippen molar-refractivity contribution < 1.29 is 24.1 Å². The molecule has 5 nitrogen and oxygen atoms in total. The summed E-state index contributed by atoms with van der Waals surface area (Å²) in [4.78, 5) is 11.0. The number of methoxy groups -OCH3 is 1. The molecule has 0 aromatic heterocycles. The minimum absolute atomic E-state index is 0.00709. The molecule has 138 valence electrons. The number of hydrogen-bond acceptors (Lipinski definition) is 4.